The molecule has 1 atom stereocenters. The van der Waals surface area contributed by atoms with Crippen LogP contribution in [0.3, 0.4) is 0 Å². The lowest BCUT2D eigenvalue weighted by Gasteiger charge is -2.01. The number of aromatic nitrogens is 3. The topological polar surface area (TPSA) is 139 Å². The Morgan fingerprint density at radius 3 is 2.65 bits per heavy atom. The molecule has 2 rings (SSSR count). The van der Waals surface area contributed by atoms with Gasteiger partial charge in [0.05, 0.1) is 0 Å². The quantitative estimate of drug-likeness (QED) is 0.724. The van der Waals surface area contributed by atoms with Gasteiger partial charge in [0.2, 0.25) is 0 Å². The molecular weight excluding hydrogens is 264 g/mol. The monoisotopic (exact) mass is 278 g/mol. The van der Waals surface area contributed by atoms with Gasteiger partial charge in [-0.1, -0.05) is 0 Å². The van der Waals surface area contributed by atoms with Crippen LogP contribution in [0.15, 0.2) is 30.9 Å². The molecule has 0 aromatic carbocycles. The fraction of sp³-hybridized carbons (Fsp3) is 0.250. The molecule has 8 heteroatoms. The van der Waals surface area contributed by atoms with Crippen molar-refractivity contribution in [3.8, 4) is 0 Å². The lowest BCUT2D eigenvalue weighted by Crippen LogP contribution is -2.30. The summed E-state index contributed by atoms with van der Waals surface area (Å²) in [4.78, 5) is 31.7. The number of rotatable bonds is 4. The van der Waals surface area contributed by atoms with E-state index in [9.17, 15) is 9.59 Å². The maximum absolute atomic E-state index is 9.99. The van der Waals surface area contributed by atoms with E-state index in [0.29, 0.717) is 0 Å². The first-order chi connectivity index (χ1) is 9.50. The van der Waals surface area contributed by atoms with Crippen LogP contribution in [0.5, 0.6) is 0 Å². The predicted molar refractivity (Wildman–Crippen MR) is 69.8 cm³/mol. The van der Waals surface area contributed by atoms with Crippen LogP contribution in [0.4, 0.5) is 0 Å². The molecule has 0 saturated carbocycles. The summed E-state index contributed by atoms with van der Waals surface area (Å²) in [6, 6.07) is 2.74. The number of carboxylic acids is 2. The molecule has 0 unspecified atom stereocenters. The van der Waals surface area contributed by atoms with Crippen LogP contribution < -0.4 is 5.73 Å². The van der Waals surface area contributed by atoms with Gasteiger partial charge in [0.1, 0.15) is 12.4 Å². The molecule has 8 nitrogen and oxygen atoms in total. The van der Waals surface area contributed by atoms with Crippen molar-refractivity contribution in [2.75, 3.05) is 0 Å². The zero-order valence-corrected chi connectivity index (χ0v) is 10.5. The SMILES string of the molecule is N[C@@H](CCC(=O)O)C(=O)O.c1cnc2ncncc2c1. The number of hydrogen-bond donors (Lipinski definition) is 3. The highest BCUT2D eigenvalue weighted by molar-refractivity contribution is 5.74. The highest BCUT2D eigenvalue weighted by Crippen LogP contribution is 2.02. The number of nitrogens with zero attached hydrogens (tertiary/aromatic N) is 3. The van der Waals surface area contributed by atoms with Crippen LogP contribution in [-0.2, 0) is 9.59 Å². The third-order valence-electron chi connectivity index (χ3n) is 2.26. The van der Waals surface area contributed by atoms with Crippen LogP contribution in [0.25, 0.3) is 11.0 Å². The molecule has 0 spiro atoms. The zero-order chi connectivity index (χ0) is 15.0. The van der Waals surface area contributed by atoms with E-state index in [0.717, 1.165) is 11.0 Å². The highest BCUT2D eigenvalue weighted by atomic mass is 16.4. The van der Waals surface area contributed by atoms with E-state index in [-0.39, 0.29) is 12.8 Å². The van der Waals surface area contributed by atoms with Gasteiger partial charge in [-0.2, -0.15) is 0 Å². The van der Waals surface area contributed by atoms with Crippen LogP contribution in [-0.4, -0.2) is 43.1 Å². The molecule has 0 aliphatic rings. The van der Waals surface area contributed by atoms with Crippen molar-refractivity contribution in [3.05, 3.63) is 30.9 Å². The molecule has 2 aromatic heterocycles. The Morgan fingerprint density at radius 1 is 1.30 bits per heavy atom. The first kappa shape index (κ1) is 15.4. The standard InChI is InChI=1S/C7H5N3.C5H9NO4/c1-2-6-4-8-5-10-7(6)9-3-1;6-3(5(9)10)1-2-4(7)8/h1-5H;3H,1-2,6H2,(H,7,8)(H,9,10)/t;3-/m.0/s1. The maximum atomic E-state index is 9.99. The van der Waals surface area contributed by atoms with Gasteiger partial charge >= 0.3 is 11.9 Å². The lowest BCUT2D eigenvalue weighted by atomic mass is 10.2. The molecule has 4 N–H and O–H groups in total. The van der Waals surface area contributed by atoms with Gasteiger partial charge in [-0.15, -0.1) is 0 Å². The second-order valence-corrected chi connectivity index (χ2v) is 3.82. The highest BCUT2D eigenvalue weighted by Gasteiger charge is 2.12. The summed E-state index contributed by atoms with van der Waals surface area (Å²) in [5.74, 6) is -2.20. The lowest BCUT2D eigenvalue weighted by molar-refractivity contribution is -0.139. The molecule has 106 valence electrons. The number of pyridine rings is 1. The smallest absolute Gasteiger partial charge is 0.320 e. The fourth-order valence-corrected chi connectivity index (χ4v) is 1.22. The Morgan fingerprint density at radius 2 is 2.05 bits per heavy atom. The van der Waals surface area contributed by atoms with Gasteiger partial charge in [0, 0.05) is 24.2 Å². The first-order valence-corrected chi connectivity index (χ1v) is 5.71. The molecule has 0 bridgehead atoms. The largest absolute Gasteiger partial charge is 0.481 e. The molecule has 2 heterocycles. The van der Waals surface area contributed by atoms with Crippen molar-refractivity contribution < 1.29 is 19.8 Å². The molecule has 2 aromatic rings. The van der Waals surface area contributed by atoms with E-state index in [1.165, 1.54) is 6.33 Å². The van der Waals surface area contributed by atoms with Crippen molar-refractivity contribution in [3.63, 3.8) is 0 Å². The minimum Gasteiger partial charge on any atom is -0.481 e. The van der Waals surface area contributed by atoms with E-state index >= 15 is 0 Å². The van der Waals surface area contributed by atoms with Crippen LogP contribution in [0.1, 0.15) is 12.8 Å². The molecular formula is C12H14N4O4. The van der Waals surface area contributed by atoms with Crippen LogP contribution >= 0.6 is 0 Å². The third kappa shape index (κ3) is 5.36. The van der Waals surface area contributed by atoms with Gasteiger partial charge in [0.15, 0.2) is 5.65 Å². The molecule has 0 aliphatic heterocycles. The summed E-state index contributed by atoms with van der Waals surface area (Å²) in [7, 11) is 0. The molecule has 0 aliphatic carbocycles. The Hall–Kier alpha value is -2.61. The number of hydrogen-bond acceptors (Lipinski definition) is 6. The number of carboxylic acid groups (broad SMARTS) is 2. The zero-order valence-electron chi connectivity index (χ0n) is 10.5. The Kier molecular flexibility index (Phi) is 5.98. The van der Waals surface area contributed by atoms with Gasteiger partial charge in [-0.25, -0.2) is 15.0 Å². The Balaban J connectivity index is 0.000000200. The van der Waals surface area contributed by atoms with Crippen molar-refractivity contribution >= 4 is 23.0 Å². The number of fused-ring (bicyclic) bond motifs is 1. The number of nitrogens with two attached hydrogens (primary N) is 1. The minimum atomic E-state index is -1.17. The second kappa shape index (κ2) is 7.74. The van der Waals surface area contributed by atoms with E-state index in [4.69, 9.17) is 15.9 Å². The molecule has 0 saturated heterocycles. The molecule has 20 heavy (non-hydrogen) atoms. The van der Waals surface area contributed by atoms with Gasteiger partial charge < -0.3 is 15.9 Å². The van der Waals surface area contributed by atoms with Gasteiger partial charge in [-0.3, -0.25) is 9.59 Å². The van der Waals surface area contributed by atoms with Crippen molar-refractivity contribution in [2.45, 2.75) is 18.9 Å². The van der Waals surface area contributed by atoms with E-state index in [1.54, 1.807) is 12.4 Å². The molecule has 0 amide bonds. The maximum Gasteiger partial charge on any atom is 0.320 e. The summed E-state index contributed by atoms with van der Waals surface area (Å²) >= 11 is 0. The summed E-state index contributed by atoms with van der Waals surface area (Å²) < 4.78 is 0. The summed E-state index contributed by atoms with van der Waals surface area (Å²) in [6.45, 7) is 0. The average molecular weight is 278 g/mol. The second-order valence-electron chi connectivity index (χ2n) is 3.82. The van der Waals surface area contributed by atoms with E-state index < -0.39 is 18.0 Å². The first-order valence-electron chi connectivity index (χ1n) is 5.71. The Labute approximate surface area is 114 Å². The summed E-state index contributed by atoms with van der Waals surface area (Å²) in [5.41, 5.74) is 5.75. The van der Waals surface area contributed by atoms with Crippen LogP contribution in [0.2, 0.25) is 0 Å². The predicted octanol–water partition coefficient (Wildman–Crippen LogP) is 0.288. The van der Waals surface area contributed by atoms with Gasteiger partial charge in [-0.05, 0) is 18.6 Å². The number of carbonyl (C=O) groups is 2. The van der Waals surface area contributed by atoms with E-state index in [2.05, 4.69) is 15.0 Å². The number of aliphatic carboxylic acids is 2. The fourth-order valence-electron chi connectivity index (χ4n) is 1.22. The average Bonchev–Trinajstić information content (AvgIpc) is 2.45. The van der Waals surface area contributed by atoms with E-state index in [1.807, 2.05) is 12.1 Å². The Bertz CT molecular complexity index is 525. The molecule has 0 radical (unpaired) electrons. The normalized spacial score (nSPS) is 11.2. The van der Waals surface area contributed by atoms with Gasteiger partial charge in [0.25, 0.3) is 0 Å². The van der Waals surface area contributed by atoms with Crippen molar-refractivity contribution in [1.29, 1.82) is 0 Å². The van der Waals surface area contributed by atoms with Crippen molar-refractivity contribution in [2.24, 2.45) is 5.73 Å². The van der Waals surface area contributed by atoms with Crippen molar-refractivity contribution in [1.82, 2.24) is 15.0 Å². The van der Waals surface area contributed by atoms with Crippen LogP contribution in [0, 0.1) is 0 Å². The summed E-state index contributed by atoms with van der Waals surface area (Å²) in [6.07, 6.45) is 4.73. The third-order valence-corrected chi connectivity index (χ3v) is 2.26. The minimum absolute atomic E-state index is 0.0231. The molecule has 0 fully saturated rings. The summed E-state index contributed by atoms with van der Waals surface area (Å²) in [5, 5.41) is 17.2.